The van der Waals surface area contributed by atoms with Gasteiger partial charge in [-0.25, -0.2) is 0 Å². The summed E-state index contributed by atoms with van der Waals surface area (Å²) in [5.41, 5.74) is 16.5. The maximum absolute atomic E-state index is 2.48. The molecule has 6 bridgehead atoms. The van der Waals surface area contributed by atoms with Gasteiger partial charge in [-0.1, -0.05) is 146 Å². The molecule has 0 spiro atoms. The third kappa shape index (κ3) is 3.76. The van der Waals surface area contributed by atoms with Gasteiger partial charge in [-0.2, -0.15) is 0 Å². The van der Waals surface area contributed by atoms with Crippen LogP contribution in [-0.4, -0.2) is 0 Å². The number of benzene rings is 9. The van der Waals surface area contributed by atoms with Gasteiger partial charge in [0.25, 0.3) is 0 Å². The van der Waals surface area contributed by atoms with Crippen LogP contribution in [0.5, 0.6) is 0 Å². The van der Waals surface area contributed by atoms with Crippen molar-refractivity contribution in [1.29, 1.82) is 0 Å². The number of rotatable bonds is 3. The summed E-state index contributed by atoms with van der Waals surface area (Å²) in [6.07, 6.45) is 0. The van der Waals surface area contributed by atoms with Crippen molar-refractivity contribution in [2.24, 2.45) is 0 Å². The molecule has 49 heavy (non-hydrogen) atoms. The average Bonchev–Trinajstić information content (AvgIpc) is 3.27. The molecule has 11 rings (SSSR count). The van der Waals surface area contributed by atoms with E-state index >= 15 is 0 Å². The first-order valence-corrected chi connectivity index (χ1v) is 17.0. The Morgan fingerprint density at radius 3 is 1.55 bits per heavy atom. The van der Waals surface area contributed by atoms with Crippen molar-refractivity contribution >= 4 is 49.4 Å². The number of hydrogen-bond acceptors (Lipinski definition) is 1. The lowest BCUT2D eigenvalue weighted by atomic mass is 9.83. The molecule has 1 heteroatoms. The molecule has 1 nitrogen and oxygen atoms in total. The summed E-state index contributed by atoms with van der Waals surface area (Å²) in [6.45, 7) is 0. The molecule has 2 aliphatic carbocycles. The normalized spacial score (nSPS) is 12.1. The Hall–Kier alpha value is -6.44. The van der Waals surface area contributed by atoms with E-state index in [4.69, 9.17) is 0 Å². The van der Waals surface area contributed by atoms with Crippen LogP contribution in [0, 0.1) is 0 Å². The monoisotopic (exact) mass is 619 g/mol. The van der Waals surface area contributed by atoms with Crippen LogP contribution in [0.15, 0.2) is 176 Å². The van der Waals surface area contributed by atoms with Crippen LogP contribution in [0.25, 0.3) is 88.0 Å². The average molecular weight is 620 g/mol. The van der Waals surface area contributed by atoms with Crippen LogP contribution in [-0.2, 0) is 0 Å². The Kier molecular flexibility index (Phi) is 5.45. The van der Waals surface area contributed by atoms with Gasteiger partial charge in [0, 0.05) is 16.8 Å². The molecular formula is C48H29N. The first-order chi connectivity index (χ1) is 24.3. The summed E-state index contributed by atoms with van der Waals surface area (Å²) in [4.78, 5) is 2.48. The molecule has 0 fully saturated rings. The fraction of sp³-hybridized carbons (Fsp3) is 0. The van der Waals surface area contributed by atoms with E-state index in [2.05, 4.69) is 181 Å². The van der Waals surface area contributed by atoms with E-state index in [1.807, 2.05) is 0 Å². The molecule has 0 aromatic heterocycles. The maximum Gasteiger partial charge on any atom is 0.0546 e. The SMILES string of the molecule is c1ccc2c(c1)-c1cccc3c1-c1cc(N(c4ccc5ccccc5c4)c4cc5ccccc5c5ccccc45)ccc1-c1cccc-3c1-2. The van der Waals surface area contributed by atoms with Gasteiger partial charge in [-0.15, -0.1) is 0 Å². The molecule has 226 valence electrons. The van der Waals surface area contributed by atoms with Gasteiger partial charge in [0.1, 0.15) is 0 Å². The number of fused-ring (bicyclic) bond motifs is 8. The van der Waals surface area contributed by atoms with E-state index in [1.165, 1.54) is 93.6 Å². The molecule has 2 aliphatic rings. The summed E-state index contributed by atoms with van der Waals surface area (Å²) in [6, 6.07) is 65.3. The molecule has 0 unspecified atom stereocenters. The summed E-state index contributed by atoms with van der Waals surface area (Å²) >= 11 is 0. The van der Waals surface area contributed by atoms with Crippen molar-refractivity contribution in [3.05, 3.63) is 176 Å². The fourth-order valence-corrected chi connectivity index (χ4v) is 8.59. The van der Waals surface area contributed by atoms with Gasteiger partial charge in [0.05, 0.1) is 5.69 Å². The van der Waals surface area contributed by atoms with Crippen molar-refractivity contribution in [1.82, 2.24) is 0 Å². The minimum absolute atomic E-state index is 1.14. The van der Waals surface area contributed by atoms with Gasteiger partial charge in [0.2, 0.25) is 0 Å². The summed E-state index contributed by atoms with van der Waals surface area (Å²) in [5.74, 6) is 0. The van der Waals surface area contributed by atoms with E-state index in [9.17, 15) is 0 Å². The second kappa shape index (κ2) is 10.0. The molecule has 0 saturated heterocycles. The zero-order valence-corrected chi connectivity index (χ0v) is 26.7. The minimum Gasteiger partial charge on any atom is -0.310 e. The Balaban J connectivity index is 1.24. The van der Waals surface area contributed by atoms with Gasteiger partial charge in [-0.3, -0.25) is 0 Å². The first kappa shape index (κ1) is 26.6. The summed E-state index contributed by atoms with van der Waals surface area (Å²) < 4.78 is 0. The van der Waals surface area contributed by atoms with Crippen molar-refractivity contribution in [2.75, 3.05) is 4.90 Å². The van der Waals surface area contributed by atoms with Crippen molar-refractivity contribution in [2.45, 2.75) is 0 Å². The second-order valence-corrected chi connectivity index (χ2v) is 13.3. The summed E-state index contributed by atoms with van der Waals surface area (Å²) in [7, 11) is 0. The largest absolute Gasteiger partial charge is 0.310 e. The summed E-state index contributed by atoms with van der Waals surface area (Å²) in [5, 5.41) is 7.46. The van der Waals surface area contributed by atoms with Gasteiger partial charge in [-0.05, 0) is 113 Å². The van der Waals surface area contributed by atoms with E-state index in [0.717, 1.165) is 11.4 Å². The second-order valence-electron chi connectivity index (χ2n) is 13.3. The zero-order valence-electron chi connectivity index (χ0n) is 26.7. The van der Waals surface area contributed by atoms with Gasteiger partial charge >= 0.3 is 0 Å². The van der Waals surface area contributed by atoms with E-state index in [0.29, 0.717) is 0 Å². The Bertz CT molecular complexity index is 2820. The van der Waals surface area contributed by atoms with E-state index < -0.39 is 0 Å². The maximum atomic E-state index is 2.48. The lowest BCUT2D eigenvalue weighted by Gasteiger charge is -2.29. The molecule has 0 saturated carbocycles. The molecule has 9 aromatic carbocycles. The van der Waals surface area contributed by atoms with Crippen molar-refractivity contribution in [3.8, 4) is 55.6 Å². The van der Waals surface area contributed by atoms with Crippen LogP contribution in [0.1, 0.15) is 0 Å². The molecule has 0 heterocycles. The molecule has 0 radical (unpaired) electrons. The van der Waals surface area contributed by atoms with Crippen molar-refractivity contribution in [3.63, 3.8) is 0 Å². The smallest absolute Gasteiger partial charge is 0.0546 e. The minimum atomic E-state index is 1.14. The number of anilines is 3. The Morgan fingerprint density at radius 2 is 0.776 bits per heavy atom. The zero-order chi connectivity index (χ0) is 32.1. The standard InChI is InChI=1S/C48H29N/c1-2-12-31-27-33(24-23-30(31)11-1)49(46-28-32-13-3-4-14-35(32)36-15-5-7-17-39(36)46)34-25-26-38-42-20-10-21-43-44-22-9-19-41(48(44)45(38)29-34)37-16-6-8-18-40(37)47(42)43/h1-29H. The fourth-order valence-electron chi connectivity index (χ4n) is 8.59. The van der Waals surface area contributed by atoms with Crippen LogP contribution in [0.4, 0.5) is 17.1 Å². The topological polar surface area (TPSA) is 3.24 Å². The van der Waals surface area contributed by atoms with Crippen LogP contribution in [0.3, 0.4) is 0 Å². The van der Waals surface area contributed by atoms with E-state index in [1.54, 1.807) is 0 Å². The predicted octanol–water partition coefficient (Wildman–Crippen LogP) is 13.6. The highest BCUT2D eigenvalue weighted by atomic mass is 15.1. The highest BCUT2D eigenvalue weighted by Gasteiger charge is 2.31. The van der Waals surface area contributed by atoms with E-state index in [-0.39, 0.29) is 0 Å². The highest BCUT2D eigenvalue weighted by molar-refractivity contribution is 6.17. The Labute approximate surface area is 285 Å². The third-order valence-electron chi connectivity index (χ3n) is 10.7. The molecule has 0 N–H and O–H groups in total. The molecule has 0 aliphatic heterocycles. The predicted molar refractivity (Wildman–Crippen MR) is 208 cm³/mol. The van der Waals surface area contributed by atoms with Crippen LogP contribution < -0.4 is 4.90 Å². The van der Waals surface area contributed by atoms with Crippen LogP contribution in [0.2, 0.25) is 0 Å². The molecule has 0 atom stereocenters. The third-order valence-corrected chi connectivity index (χ3v) is 10.7. The first-order valence-electron chi connectivity index (χ1n) is 17.0. The van der Waals surface area contributed by atoms with Crippen LogP contribution >= 0.6 is 0 Å². The van der Waals surface area contributed by atoms with Gasteiger partial charge < -0.3 is 4.90 Å². The molecular weight excluding hydrogens is 591 g/mol. The highest BCUT2D eigenvalue weighted by Crippen LogP contribution is 2.58. The number of nitrogens with zero attached hydrogens (tertiary/aromatic N) is 1. The lowest BCUT2D eigenvalue weighted by Crippen LogP contribution is -2.11. The quantitative estimate of drug-likeness (QED) is 0.178. The van der Waals surface area contributed by atoms with Gasteiger partial charge in [0.15, 0.2) is 0 Å². The molecule has 9 aromatic rings. The molecule has 0 amide bonds. The Morgan fingerprint density at radius 1 is 0.265 bits per heavy atom. The van der Waals surface area contributed by atoms with Crippen molar-refractivity contribution < 1.29 is 0 Å². The lowest BCUT2D eigenvalue weighted by molar-refractivity contribution is 1.31. The number of hydrogen-bond donors (Lipinski definition) is 0.